The zero-order chi connectivity index (χ0) is 15.0. The Labute approximate surface area is 120 Å². The van der Waals surface area contributed by atoms with Crippen LogP contribution >= 0.6 is 0 Å². The third kappa shape index (κ3) is 5.08. The van der Waals surface area contributed by atoms with Crippen molar-refractivity contribution in [3.05, 3.63) is 29.3 Å². The van der Waals surface area contributed by atoms with Gasteiger partial charge >= 0.3 is 0 Å². The van der Waals surface area contributed by atoms with Crippen molar-refractivity contribution >= 4 is 0 Å². The fourth-order valence-corrected chi connectivity index (χ4v) is 2.16. The third-order valence-corrected chi connectivity index (χ3v) is 3.50. The number of ether oxygens (including phenoxy) is 1. The van der Waals surface area contributed by atoms with Crippen LogP contribution in [0.25, 0.3) is 0 Å². The molecule has 0 radical (unpaired) electrons. The van der Waals surface area contributed by atoms with Gasteiger partial charge in [0.05, 0.1) is 6.61 Å². The lowest BCUT2D eigenvalue weighted by Gasteiger charge is -2.16. The molecule has 0 heterocycles. The normalized spacial score (nSPS) is 12.4. The molecule has 1 unspecified atom stereocenters. The molecule has 0 fully saturated rings. The van der Waals surface area contributed by atoms with E-state index in [1.165, 1.54) is 12.1 Å². The Morgan fingerprint density at radius 3 is 2.35 bits per heavy atom. The third-order valence-electron chi connectivity index (χ3n) is 3.50. The molecule has 2 nitrogen and oxygen atoms in total. The molecule has 0 saturated heterocycles. The first kappa shape index (κ1) is 16.9. The van der Waals surface area contributed by atoms with Gasteiger partial charge in [-0.25, -0.2) is 8.78 Å². The first-order chi connectivity index (χ1) is 9.62. The number of unbranched alkanes of at least 4 members (excludes halogenated alkanes) is 1. The number of hydrogen-bond acceptors (Lipinski definition) is 2. The summed E-state index contributed by atoms with van der Waals surface area (Å²) in [6, 6.07) is 2.61. The summed E-state index contributed by atoms with van der Waals surface area (Å²) in [4.78, 5) is 0. The largest absolute Gasteiger partial charge is 0.487 e. The monoisotopic (exact) mass is 285 g/mol. The fraction of sp³-hybridized carbons (Fsp3) is 0.625. The molecule has 1 rings (SSSR count). The van der Waals surface area contributed by atoms with E-state index in [1.807, 2.05) is 0 Å². The van der Waals surface area contributed by atoms with Gasteiger partial charge in [-0.1, -0.05) is 33.1 Å². The minimum atomic E-state index is -0.640. The van der Waals surface area contributed by atoms with Crippen LogP contribution in [0.3, 0.4) is 0 Å². The number of nitrogens with two attached hydrogens (primary N) is 1. The highest BCUT2D eigenvalue weighted by atomic mass is 19.1. The van der Waals surface area contributed by atoms with Gasteiger partial charge in [-0.2, -0.15) is 0 Å². The number of hydrogen-bond donors (Lipinski definition) is 1. The number of rotatable bonds is 9. The summed E-state index contributed by atoms with van der Waals surface area (Å²) in [5.74, 6) is -1.20. The van der Waals surface area contributed by atoms with Gasteiger partial charge in [0.15, 0.2) is 17.4 Å². The minimum absolute atomic E-state index is 0.263. The molecule has 1 aromatic rings. The molecule has 2 N–H and O–H groups in total. The summed E-state index contributed by atoms with van der Waals surface area (Å²) in [6.45, 7) is 4.93. The average molecular weight is 285 g/mol. The van der Waals surface area contributed by atoms with Gasteiger partial charge in [0.2, 0.25) is 0 Å². The highest BCUT2D eigenvalue weighted by Crippen LogP contribution is 2.25. The van der Waals surface area contributed by atoms with Crippen molar-refractivity contribution in [3.8, 4) is 5.75 Å². The molecule has 0 amide bonds. The zero-order valence-electron chi connectivity index (χ0n) is 12.4. The highest BCUT2D eigenvalue weighted by Gasteiger charge is 2.15. The Bertz CT molecular complexity index is 386. The Kier molecular flexibility index (Phi) is 7.52. The molecular formula is C16H25F2NO. The van der Waals surface area contributed by atoms with E-state index in [2.05, 4.69) is 13.8 Å². The molecule has 20 heavy (non-hydrogen) atoms. The Balaban J connectivity index is 2.67. The van der Waals surface area contributed by atoms with E-state index >= 15 is 0 Å². The Morgan fingerprint density at radius 1 is 1.20 bits per heavy atom. The smallest absolute Gasteiger partial charge is 0.190 e. The average Bonchev–Trinajstić information content (AvgIpc) is 2.41. The lowest BCUT2D eigenvalue weighted by Crippen LogP contribution is -2.13. The van der Waals surface area contributed by atoms with E-state index in [-0.39, 0.29) is 5.75 Å². The van der Waals surface area contributed by atoms with Crippen LogP contribution in [0.4, 0.5) is 8.78 Å². The van der Waals surface area contributed by atoms with Crippen molar-refractivity contribution < 1.29 is 13.5 Å². The summed E-state index contributed by atoms with van der Waals surface area (Å²) < 4.78 is 33.0. The van der Waals surface area contributed by atoms with Gasteiger partial charge < -0.3 is 10.5 Å². The lowest BCUT2D eigenvalue weighted by atomic mass is 10.0. The molecule has 0 aliphatic carbocycles. The van der Waals surface area contributed by atoms with E-state index in [0.29, 0.717) is 31.1 Å². The summed E-state index contributed by atoms with van der Waals surface area (Å²) in [5, 5.41) is 0. The van der Waals surface area contributed by atoms with Crippen LogP contribution in [0.2, 0.25) is 0 Å². The summed E-state index contributed by atoms with van der Waals surface area (Å²) in [6.07, 6.45) is 4.67. The number of halogens is 2. The van der Waals surface area contributed by atoms with Crippen molar-refractivity contribution in [2.75, 3.05) is 13.2 Å². The van der Waals surface area contributed by atoms with E-state index in [4.69, 9.17) is 10.5 Å². The van der Waals surface area contributed by atoms with E-state index < -0.39 is 11.6 Å². The van der Waals surface area contributed by atoms with Crippen molar-refractivity contribution in [1.29, 1.82) is 0 Å². The van der Waals surface area contributed by atoms with E-state index in [0.717, 1.165) is 25.7 Å². The van der Waals surface area contributed by atoms with Crippen LogP contribution < -0.4 is 10.5 Å². The zero-order valence-corrected chi connectivity index (χ0v) is 12.4. The first-order valence-corrected chi connectivity index (χ1v) is 7.43. The maximum Gasteiger partial charge on any atom is 0.190 e. The van der Waals surface area contributed by atoms with Crippen molar-refractivity contribution in [1.82, 2.24) is 0 Å². The molecule has 0 aromatic heterocycles. The predicted molar refractivity (Wildman–Crippen MR) is 77.9 cm³/mol. The molecule has 0 aliphatic rings. The molecule has 114 valence electrons. The molecule has 1 aromatic carbocycles. The summed E-state index contributed by atoms with van der Waals surface area (Å²) >= 11 is 0. The lowest BCUT2D eigenvalue weighted by molar-refractivity contribution is 0.216. The molecule has 1 atom stereocenters. The molecular weight excluding hydrogens is 260 g/mol. The maximum atomic E-state index is 13.8. The van der Waals surface area contributed by atoms with Crippen LogP contribution in [0, 0.1) is 17.6 Å². The Hall–Kier alpha value is -1.16. The first-order valence-electron chi connectivity index (χ1n) is 7.43. The van der Waals surface area contributed by atoms with Crippen molar-refractivity contribution in [2.45, 2.75) is 46.0 Å². The second-order valence-corrected chi connectivity index (χ2v) is 5.15. The van der Waals surface area contributed by atoms with Crippen LogP contribution in [-0.4, -0.2) is 13.2 Å². The van der Waals surface area contributed by atoms with E-state index in [1.54, 1.807) is 0 Å². The van der Waals surface area contributed by atoms with Crippen LogP contribution in [0.1, 0.15) is 45.1 Å². The van der Waals surface area contributed by atoms with Gasteiger partial charge in [0.25, 0.3) is 0 Å². The topological polar surface area (TPSA) is 35.2 Å². The second kappa shape index (κ2) is 8.90. The molecule has 0 aliphatic heterocycles. The highest BCUT2D eigenvalue weighted by molar-refractivity contribution is 5.31. The minimum Gasteiger partial charge on any atom is -0.487 e. The van der Waals surface area contributed by atoms with Gasteiger partial charge in [0, 0.05) is 0 Å². The van der Waals surface area contributed by atoms with Gasteiger partial charge in [0.1, 0.15) is 0 Å². The molecule has 0 bridgehead atoms. The maximum absolute atomic E-state index is 13.8. The summed E-state index contributed by atoms with van der Waals surface area (Å²) in [7, 11) is 0. The van der Waals surface area contributed by atoms with Crippen molar-refractivity contribution in [3.63, 3.8) is 0 Å². The Morgan fingerprint density at radius 2 is 1.85 bits per heavy atom. The number of benzene rings is 1. The van der Waals surface area contributed by atoms with Crippen LogP contribution in [-0.2, 0) is 6.42 Å². The molecule has 0 spiro atoms. The van der Waals surface area contributed by atoms with Crippen LogP contribution in [0.15, 0.2) is 12.1 Å². The van der Waals surface area contributed by atoms with Crippen LogP contribution in [0.5, 0.6) is 5.75 Å². The van der Waals surface area contributed by atoms with Gasteiger partial charge in [-0.3, -0.25) is 0 Å². The summed E-state index contributed by atoms with van der Waals surface area (Å²) in [5.41, 5.74) is 5.95. The van der Waals surface area contributed by atoms with Gasteiger partial charge in [-0.15, -0.1) is 0 Å². The molecule has 0 saturated carbocycles. The second-order valence-electron chi connectivity index (χ2n) is 5.15. The predicted octanol–water partition coefficient (Wildman–Crippen LogP) is 4.06. The molecule has 4 heteroatoms. The van der Waals surface area contributed by atoms with E-state index in [9.17, 15) is 8.78 Å². The van der Waals surface area contributed by atoms with Gasteiger partial charge in [-0.05, 0) is 43.0 Å². The SMILES string of the molecule is CCCCC(CC)COc1c(F)cc(CCN)cc1F. The standard InChI is InChI=1S/C16H25F2NO/c1-3-5-6-12(4-2)11-20-16-14(17)9-13(7-8-19)10-15(16)18/h9-10,12H,3-8,11,19H2,1-2H3. The quantitative estimate of drug-likeness (QED) is 0.742. The fourth-order valence-electron chi connectivity index (χ4n) is 2.16. The van der Waals surface area contributed by atoms with Crippen molar-refractivity contribution in [2.24, 2.45) is 11.7 Å².